The third-order valence-corrected chi connectivity index (χ3v) is 10.3. The van der Waals surface area contributed by atoms with Crippen LogP contribution in [-0.2, 0) is 4.74 Å². The zero-order chi connectivity index (χ0) is 17.5. The van der Waals surface area contributed by atoms with Crippen molar-refractivity contribution >= 4 is 0 Å². The second-order valence-electron chi connectivity index (χ2n) is 11.1. The average molecular weight is 347 g/mol. The highest BCUT2D eigenvalue weighted by atomic mass is 16.6. The minimum absolute atomic E-state index is 0.183. The Hall–Kier alpha value is -0.0800. The summed E-state index contributed by atoms with van der Waals surface area (Å²) in [6.45, 7) is 8.38. The molecule has 5 aliphatic rings. The first kappa shape index (κ1) is 17.0. The number of ether oxygens (including phenoxy) is 1. The topological polar surface area (TPSA) is 32.8 Å². The molecule has 1 heterocycles. The quantitative estimate of drug-likeness (QED) is 0.686. The molecular formula is C23H38O2. The van der Waals surface area contributed by atoms with Gasteiger partial charge in [0.25, 0.3) is 0 Å². The first-order chi connectivity index (χ1) is 11.9. The van der Waals surface area contributed by atoms with Gasteiger partial charge in [-0.05, 0) is 98.7 Å². The van der Waals surface area contributed by atoms with E-state index in [2.05, 4.69) is 20.8 Å². The summed E-state index contributed by atoms with van der Waals surface area (Å²) in [6.07, 6.45) is 14.0. The summed E-state index contributed by atoms with van der Waals surface area (Å²) >= 11 is 0. The van der Waals surface area contributed by atoms with Crippen LogP contribution >= 0.6 is 0 Å². The summed E-state index contributed by atoms with van der Waals surface area (Å²) in [6, 6.07) is 0. The summed E-state index contributed by atoms with van der Waals surface area (Å²) < 4.78 is 5.87. The van der Waals surface area contributed by atoms with Crippen LogP contribution in [0.2, 0.25) is 0 Å². The van der Waals surface area contributed by atoms with Gasteiger partial charge in [0, 0.05) is 0 Å². The van der Waals surface area contributed by atoms with Crippen LogP contribution in [0.3, 0.4) is 0 Å². The first-order valence-corrected chi connectivity index (χ1v) is 11.2. The van der Waals surface area contributed by atoms with E-state index in [9.17, 15) is 5.11 Å². The van der Waals surface area contributed by atoms with Gasteiger partial charge in [-0.25, -0.2) is 0 Å². The lowest BCUT2D eigenvalue weighted by Gasteiger charge is -2.61. The summed E-state index contributed by atoms with van der Waals surface area (Å²) in [5.41, 5.74) is 0.665. The maximum atomic E-state index is 11.5. The summed E-state index contributed by atoms with van der Waals surface area (Å²) in [4.78, 5) is 0. The van der Waals surface area contributed by atoms with Crippen molar-refractivity contribution in [2.24, 2.45) is 34.5 Å². The van der Waals surface area contributed by atoms with Crippen molar-refractivity contribution in [1.29, 1.82) is 0 Å². The molecule has 2 nitrogen and oxygen atoms in total. The van der Waals surface area contributed by atoms with Crippen molar-refractivity contribution < 1.29 is 9.84 Å². The molecule has 4 saturated carbocycles. The zero-order valence-corrected chi connectivity index (χ0v) is 16.7. The Labute approximate surface area is 154 Å². The SMILES string of the molecule is CCC[C@]1(O)CC[C@H]2[C@@H]3CC[C@@H]4C[C@@]5(CC[C@]4(C)[C@H]3CC[C@@]21C)CO5. The molecule has 0 aromatic heterocycles. The molecule has 2 heteroatoms. The van der Waals surface area contributed by atoms with E-state index < -0.39 is 0 Å². The van der Waals surface area contributed by atoms with E-state index in [1.54, 1.807) is 0 Å². The van der Waals surface area contributed by atoms with Gasteiger partial charge in [0.15, 0.2) is 0 Å². The standard InChI is InChI=1S/C23H38O2/c1-4-9-23(24)11-8-19-17-6-5-16-14-22(15-25-22)13-12-20(16,2)18(17)7-10-21(19,23)3/h16-19,24H,4-15H2,1-3H3/t16-,17-,18+,19+,20+,21+,22+,23+/m1/s1. The molecule has 4 aliphatic carbocycles. The maximum Gasteiger partial charge on any atom is 0.0919 e. The number of hydrogen-bond donors (Lipinski definition) is 1. The Morgan fingerprint density at radius 2 is 1.72 bits per heavy atom. The van der Waals surface area contributed by atoms with Gasteiger partial charge >= 0.3 is 0 Å². The van der Waals surface area contributed by atoms with Crippen molar-refractivity contribution in [3.8, 4) is 0 Å². The van der Waals surface area contributed by atoms with E-state index >= 15 is 0 Å². The Kier molecular flexibility index (Phi) is 3.58. The fraction of sp³-hybridized carbons (Fsp3) is 1.00. The third-order valence-electron chi connectivity index (χ3n) is 10.3. The van der Waals surface area contributed by atoms with Crippen LogP contribution in [-0.4, -0.2) is 22.9 Å². The van der Waals surface area contributed by atoms with Crippen molar-refractivity contribution in [2.45, 2.75) is 103 Å². The van der Waals surface area contributed by atoms with Crippen molar-refractivity contribution in [3.05, 3.63) is 0 Å². The largest absolute Gasteiger partial charge is 0.389 e. The molecule has 1 spiro atoms. The third kappa shape index (κ3) is 2.16. The molecule has 0 radical (unpaired) electrons. The van der Waals surface area contributed by atoms with E-state index in [4.69, 9.17) is 4.74 Å². The molecule has 0 aromatic rings. The van der Waals surface area contributed by atoms with E-state index in [0.717, 1.165) is 49.5 Å². The van der Waals surface area contributed by atoms with Crippen molar-refractivity contribution in [2.75, 3.05) is 6.61 Å². The Bertz CT molecular complexity index is 554. The maximum absolute atomic E-state index is 11.5. The van der Waals surface area contributed by atoms with Gasteiger partial charge in [-0.1, -0.05) is 27.2 Å². The smallest absolute Gasteiger partial charge is 0.0919 e. The van der Waals surface area contributed by atoms with E-state index in [0.29, 0.717) is 11.0 Å². The lowest BCUT2D eigenvalue weighted by atomic mass is 9.44. The molecule has 0 bridgehead atoms. The second kappa shape index (κ2) is 5.25. The van der Waals surface area contributed by atoms with Crippen molar-refractivity contribution in [3.63, 3.8) is 0 Å². The molecular weight excluding hydrogens is 308 g/mol. The Morgan fingerprint density at radius 1 is 0.960 bits per heavy atom. The number of fused-ring (bicyclic) bond motifs is 5. The van der Waals surface area contributed by atoms with Gasteiger partial charge in [-0.2, -0.15) is 0 Å². The van der Waals surface area contributed by atoms with Gasteiger partial charge < -0.3 is 9.84 Å². The molecule has 1 saturated heterocycles. The normalized spacial score (nSPS) is 60.0. The summed E-state index contributed by atoms with van der Waals surface area (Å²) in [5.74, 6) is 3.45. The molecule has 1 N–H and O–H groups in total. The fourth-order valence-corrected chi connectivity index (χ4v) is 8.61. The minimum atomic E-state index is -0.381. The number of hydrogen-bond acceptors (Lipinski definition) is 2. The molecule has 5 fully saturated rings. The highest BCUT2D eigenvalue weighted by molar-refractivity contribution is 5.15. The number of epoxide rings is 1. The highest BCUT2D eigenvalue weighted by Gasteiger charge is 2.65. The van der Waals surface area contributed by atoms with Crippen LogP contribution < -0.4 is 0 Å². The molecule has 0 aromatic carbocycles. The molecule has 8 atom stereocenters. The lowest BCUT2D eigenvalue weighted by molar-refractivity contribution is -0.157. The van der Waals surface area contributed by atoms with Crippen LogP contribution in [0.1, 0.15) is 91.4 Å². The van der Waals surface area contributed by atoms with Gasteiger partial charge in [0.05, 0.1) is 17.8 Å². The molecule has 5 rings (SSSR count). The molecule has 0 unspecified atom stereocenters. The molecule has 1 aliphatic heterocycles. The van der Waals surface area contributed by atoms with Crippen molar-refractivity contribution in [1.82, 2.24) is 0 Å². The van der Waals surface area contributed by atoms with Gasteiger partial charge in [-0.3, -0.25) is 0 Å². The molecule has 25 heavy (non-hydrogen) atoms. The number of aliphatic hydroxyl groups is 1. The zero-order valence-electron chi connectivity index (χ0n) is 16.7. The van der Waals surface area contributed by atoms with E-state index in [1.807, 2.05) is 0 Å². The predicted molar refractivity (Wildman–Crippen MR) is 100 cm³/mol. The van der Waals surface area contributed by atoms with Gasteiger partial charge in [0.1, 0.15) is 0 Å². The average Bonchev–Trinajstić information content (AvgIpc) is 3.28. The number of rotatable bonds is 2. The fourth-order valence-electron chi connectivity index (χ4n) is 8.61. The van der Waals surface area contributed by atoms with Gasteiger partial charge in [0.2, 0.25) is 0 Å². The molecule has 0 amide bonds. The Morgan fingerprint density at radius 3 is 2.44 bits per heavy atom. The van der Waals surface area contributed by atoms with Crippen LogP contribution in [0.15, 0.2) is 0 Å². The summed E-state index contributed by atoms with van der Waals surface area (Å²) in [7, 11) is 0. The van der Waals surface area contributed by atoms with E-state index in [1.165, 1.54) is 51.4 Å². The first-order valence-electron chi connectivity index (χ1n) is 11.2. The lowest BCUT2D eigenvalue weighted by Crippen LogP contribution is -2.57. The van der Waals surface area contributed by atoms with Crippen LogP contribution in [0.5, 0.6) is 0 Å². The Balaban J connectivity index is 1.42. The van der Waals surface area contributed by atoms with Crippen LogP contribution in [0.25, 0.3) is 0 Å². The van der Waals surface area contributed by atoms with Crippen LogP contribution in [0.4, 0.5) is 0 Å². The monoisotopic (exact) mass is 346 g/mol. The molecule has 142 valence electrons. The van der Waals surface area contributed by atoms with Crippen LogP contribution in [0, 0.1) is 34.5 Å². The minimum Gasteiger partial charge on any atom is -0.389 e. The summed E-state index contributed by atoms with van der Waals surface area (Å²) in [5, 5.41) is 11.5. The second-order valence-corrected chi connectivity index (χ2v) is 11.1. The van der Waals surface area contributed by atoms with E-state index in [-0.39, 0.29) is 11.0 Å². The van der Waals surface area contributed by atoms with Gasteiger partial charge in [-0.15, -0.1) is 0 Å². The highest BCUT2D eigenvalue weighted by Crippen LogP contribution is 2.70. The predicted octanol–water partition coefficient (Wildman–Crippen LogP) is 5.33.